The molecule has 2 fully saturated rings. The second-order valence-electron chi connectivity index (χ2n) is 5.52. The van der Waals surface area contributed by atoms with Crippen LogP contribution in [0.1, 0.15) is 45.4 Å². The van der Waals surface area contributed by atoms with Crippen molar-refractivity contribution in [2.75, 3.05) is 26.2 Å². The van der Waals surface area contributed by atoms with Gasteiger partial charge in [0.05, 0.1) is 6.54 Å². The zero-order valence-corrected chi connectivity index (χ0v) is 11.5. The van der Waals surface area contributed by atoms with Gasteiger partial charge in [0.2, 0.25) is 0 Å². The predicted octanol–water partition coefficient (Wildman–Crippen LogP) is 2.39. The first-order chi connectivity index (χ1) is 8.81. The zero-order valence-electron chi connectivity index (χ0n) is 11.5. The Morgan fingerprint density at radius 3 is 2.78 bits per heavy atom. The molecule has 1 aliphatic heterocycles. The molecule has 0 aromatic rings. The lowest BCUT2D eigenvalue weighted by Gasteiger charge is -2.33. The van der Waals surface area contributed by atoms with Crippen molar-refractivity contribution in [2.24, 2.45) is 5.92 Å². The van der Waals surface area contributed by atoms with Gasteiger partial charge in [0, 0.05) is 12.6 Å². The lowest BCUT2D eigenvalue weighted by atomic mass is 9.83. The topological polar surface area (TPSA) is 41.6 Å². The Kier molecular flexibility index (Phi) is 5.29. The van der Waals surface area contributed by atoms with Gasteiger partial charge in [-0.05, 0) is 31.7 Å². The van der Waals surface area contributed by atoms with Crippen LogP contribution in [-0.4, -0.2) is 43.3 Å². The van der Waals surface area contributed by atoms with Crippen LogP contribution in [0.4, 0.5) is 4.79 Å². The molecule has 18 heavy (non-hydrogen) atoms. The van der Waals surface area contributed by atoms with Crippen molar-refractivity contribution < 1.29 is 9.53 Å². The van der Waals surface area contributed by atoms with E-state index in [1.54, 1.807) is 0 Å². The maximum absolute atomic E-state index is 11.5. The summed E-state index contributed by atoms with van der Waals surface area (Å²) in [7, 11) is 0. The minimum Gasteiger partial charge on any atom is -0.448 e. The monoisotopic (exact) mass is 254 g/mol. The van der Waals surface area contributed by atoms with E-state index in [2.05, 4.69) is 12.2 Å². The van der Waals surface area contributed by atoms with Crippen molar-refractivity contribution in [2.45, 2.75) is 51.5 Å². The van der Waals surface area contributed by atoms with E-state index >= 15 is 0 Å². The summed E-state index contributed by atoms with van der Waals surface area (Å²) in [6, 6.07) is 0.455. The number of hydrogen-bond donors (Lipinski definition) is 1. The van der Waals surface area contributed by atoms with Gasteiger partial charge in [-0.2, -0.15) is 0 Å². The third kappa shape index (κ3) is 3.61. The molecule has 4 heteroatoms. The van der Waals surface area contributed by atoms with E-state index < -0.39 is 0 Å². The molecule has 0 aromatic heterocycles. The second-order valence-corrected chi connectivity index (χ2v) is 5.52. The molecule has 1 N–H and O–H groups in total. The molecule has 0 bridgehead atoms. The fourth-order valence-electron chi connectivity index (χ4n) is 3.08. The van der Waals surface area contributed by atoms with Crippen LogP contribution in [-0.2, 0) is 4.74 Å². The molecule has 1 saturated heterocycles. The van der Waals surface area contributed by atoms with Crippen LogP contribution in [0.15, 0.2) is 0 Å². The summed E-state index contributed by atoms with van der Waals surface area (Å²) >= 11 is 0. The predicted molar refractivity (Wildman–Crippen MR) is 71.6 cm³/mol. The molecule has 0 aromatic carbocycles. The van der Waals surface area contributed by atoms with Crippen LogP contribution in [0.2, 0.25) is 0 Å². The van der Waals surface area contributed by atoms with E-state index in [0.717, 1.165) is 32.0 Å². The molecular weight excluding hydrogens is 228 g/mol. The molecular formula is C14H26N2O2. The number of ether oxygens (including phenoxy) is 1. The Hall–Kier alpha value is -0.770. The summed E-state index contributed by atoms with van der Waals surface area (Å²) in [5, 5.41) is 3.64. The van der Waals surface area contributed by atoms with Gasteiger partial charge < -0.3 is 15.0 Å². The van der Waals surface area contributed by atoms with Gasteiger partial charge in [0.15, 0.2) is 0 Å². The maximum Gasteiger partial charge on any atom is 0.409 e. The van der Waals surface area contributed by atoms with Gasteiger partial charge in [-0.25, -0.2) is 4.79 Å². The average Bonchev–Trinajstić information content (AvgIpc) is 2.81. The SMILES string of the molecule is CCCNC(CN1CCOC1=O)C1CCCCC1. The van der Waals surface area contributed by atoms with Gasteiger partial charge in [-0.15, -0.1) is 0 Å². The molecule has 1 unspecified atom stereocenters. The highest BCUT2D eigenvalue weighted by Crippen LogP contribution is 2.27. The van der Waals surface area contributed by atoms with Crippen molar-refractivity contribution in [1.82, 2.24) is 10.2 Å². The number of nitrogens with zero attached hydrogens (tertiary/aromatic N) is 1. The molecule has 0 spiro atoms. The first-order valence-electron chi connectivity index (χ1n) is 7.46. The van der Waals surface area contributed by atoms with Crippen LogP contribution in [0.5, 0.6) is 0 Å². The number of hydrogen-bond acceptors (Lipinski definition) is 3. The Morgan fingerprint density at radius 2 is 2.17 bits per heavy atom. The van der Waals surface area contributed by atoms with Crippen molar-refractivity contribution in [3.63, 3.8) is 0 Å². The minimum atomic E-state index is -0.130. The standard InChI is InChI=1S/C14H26N2O2/c1-2-8-15-13(12-6-4-3-5-7-12)11-16-9-10-18-14(16)17/h12-13,15H,2-11H2,1H3. The summed E-state index contributed by atoms with van der Waals surface area (Å²) in [6.45, 7) is 5.38. The van der Waals surface area contributed by atoms with Gasteiger partial charge in [-0.3, -0.25) is 0 Å². The summed E-state index contributed by atoms with van der Waals surface area (Å²) in [4.78, 5) is 13.4. The summed E-state index contributed by atoms with van der Waals surface area (Å²) in [5.41, 5.74) is 0. The quantitative estimate of drug-likeness (QED) is 0.791. The van der Waals surface area contributed by atoms with Gasteiger partial charge in [0.25, 0.3) is 0 Å². The number of cyclic esters (lactones) is 1. The number of carbonyl (C=O) groups excluding carboxylic acids is 1. The average molecular weight is 254 g/mol. The molecule has 1 heterocycles. The summed E-state index contributed by atoms with van der Waals surface area (Å²) < 4.78 is 5.02. The second kappa shape index (κ2) is 6.98. The van der Waals surface area contributed by atoms with Gasteiger partial charge in [-0.1, -0.05) is 26.2 Å². The van der Waals surface area contributed by atoms with Crippen LogP contribution in [0.3, 0.4) is 0 Å². The molecule has 1 aliphatic carbocycles. The first kappa shape index (κ1) is 13.7. The number of rotatable bonds is 6. The summed E-state index contributed by atoms with van der Waals surface area (Å²) in [6.07, 6.45) is 7.71. The Morgan fingerprint density at radius 1 is 1.39 bits per heavy atom. The molecule has 1 saturated carbocycles. The van der Waals surface area contributed by atoms with Crippen LogP contribution in [0.25, 0.3) is 0 Å². The number of carbonyl (C=O) groups is 1. The van der Waals surface area contributed by atoms with E-state index in [0.29, 0.717) is 12.6 Å². The highest BCUT2D eigenvalue weighted by molar-refractivity contribution is 5.69. The lowest BCUT2D eigenvalue weighted by Crippen LogP contribution is -2.46. The molecule has 1 atom stereocenters. The number of amides is 1. The number of nitrogens with one attached hydrogen (secondary N) is 1. The maximum atomic E-state index is 11.5. The lowest BCUT2D eigenvalue weighted by molar-refractivity contribution is 0.149. The van der Waals surface area contributed by atoms with Gasteiger partial charge >= 0.3 is 6.09 Å². The Bertz CT molecular complexity index is 265. The van der Waals surface area contributed by atoms with Crippen LogP contribution < -0.4 is 5.32 Å². The molecule has 104 valence electrons. The molecule has 0 radical (unpaired) electrons. The molecule has 1 amide bonds. The van der Waals surface area contributed by atoms with E-state index in [-0.39, 0.29) is 6.09 Å². The Labute approximate surface area is 110 Å². The van der Waals surface area contributed by atoms with Crippen molar-refractivity contribution in [3.8, 4) is 0 Å². The Balaban J connectivity index is 1.88. The highest BCUT2D eigenvalue weighted by Gasteiger charge is 2.29. The van der Waals surface area contributed by atoms with Crippen LogP contribution in [0, 0.1) is 5.92 Å². The zero-order chi connectivity index (χ0) is 12.8. The highest BCUT2D eigenvalue weighted by atomic mass is 16.6. The third-order valence-electron chi connectivity index (χ3n) is 4.14. The van der Waals surface area contributed by atoms with Gasteiger partial charge in [0.1, 0.15) is 6.61 Å². The van der Waals surface area contributed by atoms with Crippen molar-refractivity contribution in [3.05, 3.63) is 0 Å². The van der Waals surface area contributed by atoms with Crippen molar-refractivity contribution in [1.29, 1.82) is 0 Å². The van der Waals surface area contributed by atoms with E-state index in [1.165, 1.54) is 32.1 Å². The fourth-order valence-corrected chi connectivity index (χ4v) is 3.08. The van der Waals surface area contributed by atoms with Crippen LogP contribution >= 0.6 is 0 Å². The smallest absolute Gasteiger partial charge is 0.409 e. The van der Waals surface area contributed by atoms with E-state index in [4.69, 9.17) is 4.74 Å². The third-order valence-corrected chi connectivity index (χ3v) is 4.14. The first-order valence-corrected chi connectivity index (χ1v) is 7.46. The minimum absolute atomic E-state index is 0.130. The van der Waals surface area contributed by atoms with E-state index in [9.17, 15) is 4.79 Å². The largest absolute Gasteiger partial charge is 0.448 e. The normalized spacial score (nSPS) is 23.2. The van der Waals surface area contributed by atoms with E-state index in [1.807, 2.05) is 4.90 Å². The van der Waals surface area contributed by atoms with Crippen molar-refractivity contribution >= 4 is 6.09 Å². The summed E-state index contributed by atoms with van der Waals surface area (Å²) in [5.74, 6) is 0.735. The molecule has 4 nitrogen and oxygen atoms in total. The molecule has 2 aliphatic rings. The fraction of sp³-hybridized carbons (Fsp3) is 0.929. The molecule has 2 rings (SSSR count).